The van der Waals surface area contributed by atoms with Crippen molar-refractivity contribution in [1.82, 2.24) is 0 Å². The van der Waals surface area contributed by atoms with Crippen molar-refractivity contribution in [2.24, 2.45) is 0 Å². The van der Waals surface area contributed by atoms with Gasteiger partial charge < -0.3 is 29.9 Å². The van der Waals surface area contributed by atoms with Crippen molar-refractivity contribution in [3.8, 4) is 0 Å². The summed E-state index contributed by atoms with van der Waals surface area (Å²) in [5.41, 5.74) is 0. The van der Waals surface area contributed by atoms with Crippen LogP contribution in [0.25, 0.3) is 0 Å². The Kier molecular flexibility index (Phi) is 9.39. The van der Waals surface area contributed by atoms with Crippen molar-refractivity contribution in [2.45, 2.75) is 82.6 Å². The zero-order valence-corrected chi connectivity index (χ0v) is 12.9. The van der Waals surface area contributed by atoms with Crippen LogP contribution < -0.4 is 0 Å². The monoisotopic (exact) mass is 306 g/mol. The molecule has 1 rings (SSSR count). The Balaban J connectivity index is 2.04. The Morgan fingerprint density at radius 1 is 0.810 bits per heavy atom. The van der Waals surface area contributed by atoms with Gasteiger partial charge in [0.15, 0.2) is 6.29 Å². The Bertz CT molecular complexity index is 263. The molecule has 0 aromatic heterocycles. The summed E-state index contributed by atoms with van der Waals surface area (Å²) < 4.78 is 10.4. The Labute approximate surface area is 126 Å². The van der Waals surface area contributed by atoms with Crippen LogP contribution in [-0.2, 0) is 9.47 Å². The summed E-state index contributed by atoms with van der Waals surface area (Å²) in [6.45, 7) is 2.86. The van der Waals surface area contributed by atoms with Gasteiger partial charge in [-0.2, -0.15) is 0 Å². The second-order valence-electron chi connectivity index (χ2n) is 5.73. The molecular weight excluding hydrogens is 276 g/mol. The number of aliphatic hydroxyl groups excluding tert-OH is 4. The molecule has 126 valence electrons. The van der Waals surface area contributed by atoms with Crippen LogP contribution in [0.4, 0.5) is 0 Å². The van der Waals surface area contributed by atoms with Gasteiger partial charge in [0.1, 0.15) is 24.4 Å². The molecule has 0 radical (unpaired) electrons. The molecule has 1 heterocycles. The largest absolute Gasteiger partial charge is 0.387 e. The lowest BCUT2D eigenvalue weighted by Crippen LogP contribution is -2.58. The summed E-state index contributed by atoms with van der Waals surface area (Å²) in [6.07, 6.45) is 1.89. The summed E-state index contributed by atoms with van der Waals surface area (Å²) in [4.78, 5) is 0. The van der Waals surface area contributed by atoms with Crippen LogP contribution in [-0.4, -0.2) is 64.3 Å². The van der Waals surface area contributed by atoms with E-state index >= 15 is 0 Å². The number of aliphatic hydroxyl groups is 4. The van der Waals surface area contributed by atoms with Gasteiger partial charge >= 0.3 is 0 Å². The van der Waals surface area contributed by atoms with Crippen LogP contribution in [0.2, 0.25) is 0 Å². The predicted octanol–water partition coefficient (Wildman–Crippen LogP) is 0.553. The molecule has 1 fully saturated rings. The fraction of sp³-hybridized carbons (Fsp3) is 1.00. The van der Waals surface area contributed by atoms with Gasteiger partial charge in [-0.05, 0) is 6.42 Å². The van der Waals surface area contributed by atoms with E-state index in [0.29, 0.717) is 6.61 Å². The first-order chi connectivity index (χ1) is 10.1. The number of unbranched alkanes of at least 4 members (excludes halogenated alkanes) is 6. The van der Waals surface area contributed by atoms with Crippen molar-refractivity contribution < 1.29 is 29.9 Å². The highest BCUT2D eigenvalue weighted by molar-refractivity contribution is 4.88. The summed E-state index contributed by atoms with van der Waals surface area (Å²) in [7, 11) is 0. The molecule has 0 spiro atoms. The van der Waals surface area contributed by atoms with E-state index in [1.165, 1.54) is 32.1 Å². The van der Waals surface area contributed by atoms with E-state index in [1.54, 1.807) is 0 Å². The maximum absolute atomic E-state index is 9.72. The third-order valence-corrected chi connectivity index (χ3v) is 3.86. The van der Waals surface area contributed by atoms with Crippen LogP contribution in [0.3, 0.4) is 0 Å². The standard InChI is InChI=1S/C15H30O6/c1-2-3-4-5-6-7-8-9-20-10-11-12(16)13(17)14(18)15(19)21-11/h11-19H,2-10H2,1H3/t11-,12+,13+,14-,15+/m1/s1. The van der Waals surface area contributed by atoms with Gasteiger partial charge in [-0.3, -0.25) is 0 Å². The molecule has 0 unspecified atom stereocenters. The van der Waals surface area contributed by atoms with Gasteiger partial charge in [0.05, 0.1) is 6.61 Å². The van der Waals surface area contributed by atoms with Gasteiger partial charge in [0, 0.05) is 6.61 Å². The molecule has 0 aliphatic carbocycles. The zero-order valence-electron chi connectivity index (χ0n) is 12.9. The molecule has 1 aliphatic heterocycles. The van der Waals surface area contributed by atoms with Crippen molar-refractivity contribution in [2.75, 3.05) is 13.2 Å². The third-order valence-electron chi connectivity index (χ3n) is 3.86. The van der Waals surface area contributed by atoms with E-state index in [0.717, 1.165) is 12.8 Å². The summed E-state index contributed by atoms with van der Waals surface area (Å²) in [6, 6.07) is 0. The van der Waals surface area contributed by atoms with Crippen LogP contribution in [0.5, 0.6) is 0 Å². The topological polar surface area (TPSA) is 99.4 Å². The van der Waals surface area contributed by atoms with Crippen LogP contribution in [0.1, 0.15) is 51.9 Å². The molecule has 0 bridgehead atoms. The van der Waals surface area contributed by atoms with E-state index in [9.17, 15) is 20.4 Å². The second kappa shape index (κ2) is 10.5. The predicted molar refractivity (Wildman–Crippen MR) is 77.7 cm³/mol. The fourth-order valence-electron chi connectivity index (χ4n) is 2.43. The highest BCUT2D eigenvalue weighted by atomic mass is 16.6. The lowest BCUT2D eigenvalue weighted by molar-refractivity contribution is -0.288. The molecule has 1 saturated heterocycles. The van der Waals surface area contributed by atoms with Crippen LogP contribution in [0, 0.1) is 0 Å². The summed E-state index contributed by atoms with van der Waals surface area (Å²) in [5, 5.41) is 38.0. The number of hydrogen-bond acceptors (Lipinski definition) is 6. The average Bonchev–Trinajstić information content (AvgIpc) is 2.48. The number of hydrogen-bond donors (Lipinski definition) is 4. The van der Waals surface area contributed by atoms with E-state index in [4.69, 9.17) is 9.47 Å². The van der Waals surface area contributed by atoms with Gasteiger partial charge in [-0.1, -0.05) is 45.4 Å². The molecule has 4 N–H and O–H groups in total. The van der Waals surface area contributed by atoms with Crippen LogP contribution in [0.15, 0.2) is 0 Å². The first kappa shape index (κ1) is 18.8. The van der Waals surface area contributed by atoms with E-state index < -0.39 is 30.7 Å². The van der Waals surface area contributed by atoms with Crippen LogP contribution >= 0.6 is 0 Å². The molecule has 0 saturated carbocycles. The first-order valence-electron chi connectivity index (χ1n) is 8.03. The van der Waals surface area contributed by atoms with Gasteiger partial charge in [-0.15, -0.1) is 0 Å². The molecule has 0 aromatic rings. The lowest BCUT2D eigenvalue weighted by Gasteiger charge is -2.38. The van der Waals surface area contributed by atoms with Crippen molar-refractivity contribution in [1.29, 1.82) is 0 Å². The Morgan fingerprint density at radius 3 is 2.10 bits per heavy atom. The molecule has 1 aliphatic rings. The minimum absolute atomic E-state index is 0.0951. The minimum atomic E-state index is -1.49. The Morgan fingerprint density at radius 2 is 1.43 bits per heavy atom. The minimum Gasteiger partial charge on any atom is -0.387 e. The lowest BCUT2D eigenvalue weighted by atomic mass is 9.99. The first-order valence-corrected chi connectivity index (χ1v) is 8.03. The van der Waals surface area contributed by atoms with Crippen molar-refractivity contribution in [3.63, 3.8) is 0 Å². The maximum Gasteiger partial charge on any atom is 0.184 e. The molecule has 6 heteroatoms. The number of ether oxygens (including phenoxy) is 2. The Hall–Kier alpha value is -0.240. The van der Waals surface area contributed by atoms with Gasteiger partial charge in [-0.25, -0.2) is 0 Å². The van der Waals surface area contributed by atoms with Crippen molar-refractivity contribution in [3.05, 3.63) is 0 Å². The van der Waals surface area contributed by atoms with Crippen molar-refractivity contribution >= 4 is 0 Å². The zero-order chi connectivity index (χ0) is 15.7. The van der Waals surface area contributed by atoms with Gasteiger partial charge in [0.25, 0.3) is 0 Å². The highest BCUT2D eigenvalue weighted by Gasteiger charge is 2.42. The highest BCUT2D eigenvalue weighted by Crippen LogP contribution is 2.20. The molecular formula is C15H30O6. The molecule has 6 nitrogen and oxygen atoms in total. The smallest absolute Gasteiger partial charge is 0.184 e. The van der Waals surface area contributed by atoms with E-state index in [-0.39, 0.29) is 6.61 Å². The van der Waals surface area contributed by atoms with E-state index in [2.05, 4.69) is 6.92 Å². The van der Waals surface area contributed by atoms with E-state index in [1.807, 2.05) is 0 Å². The maximum atomic E-state index is 9.72. The molecule has 21 heavy (non-hydrogen) atoms. The quantitative estimate of drug-likeness (QED) is 0.440. The fourth-order valence-corrected chi connectivity index (χ4v) is 2.43. The molecule has 5 atom stereocenters. The second-order valence-corrected chi connectivity index (χ2v) is 5.73. The van der Waals surface area contributed by atoms with Gasteiger partial charge in [0.2, 0.25) is 0 Å². The summed E-state index contributed by atoms with van der Waals surface area (Å²) in [5.74, 6) is 0. The molecule has 0 aromatic carbocycles. The molecule has 0 amide bonds. The summed E-state index contributed by atoms with van der Waals surface area (Å²) >= 11 is 0. The third kappa shape index (κ3) is 6.59. The number of rotatable bonds is 10. The SMILES string of the molecule is CCCCCCCCCOC[C@H]1O[C@H](O)[C@H](O)[C@@H](O)[C@H]1O. The normalized spacial score (nSPS) is 33.3. The average molecular weight is 306 g/mol.